The van der Waals surface area contributed by atoms with Crippen LogP contribution >= 0.6 is 0 Å². The Balaban J connectivity index is 1.06. The molecule has 6 rings (SSSR count). The number of aromatic amines is 1. The Morgan fingerprint density at radius 1 is 0.956 bits per heavy atom. The fourth-order valence-electron chi connectivity index (χ4n) is 5.57. The topological polar surface area (TPSA) is 165 Å². The van der Waals surface area contributed by atoms with Crippen molar-refractivity contribution in [2.24, 2.45) is 0 Å². The number of phenolic OH excluding ortho intramolecular Hbond substituents is 1. The second kappa shape index (κ2) is 13.0. The summed E-state index contributed by atoms with van der Waals surface area (Å²) >= 11 is 0. The van der Waals surface area contributed by atoms with Gasteiger partial charge in [0.1, 0.15) is 11.3 Å². The third-order valence-electron chi connectivity index (χ3n) is 7.76. The van der Waals surface area contributed by atoms with E-state index in [-0.39, 0.29) is 17.9 Å². The number of hydrogen-bond acceptors (Lipinski definition) is 7. The number of aromatic hydroxyl groups is 1. The van der Waals surface area contributed by atoms with Crippen molar-refractivity contribution < 1.29 is 20.1 Å². The van der Waals surface area contributed by atoms with Crippen LogP contribution in [0.3, 0.4) is 0 Å². The lowest BCUT2D eigenvalue weighted by Gasteiger charge is -2.15. The van der Waals surface area contributed by atoms with Crippen LogP contribution in [-0.2, 0) is 19.5 Å². The molecule has 0 spiro atoms. The number of amides is 1. The first-order valence-corrected chi connectivity index (χ1v) is 14.6. The van der Waals surface area contributed by atoms with E-state index in [9.17, 15) is 24.9 Å². The van der Waals surface area contributed by atoms with Crippen molar-refractivity contribution >= 4 is 33.7 Å². The quantitative estimate of drug-likeness (QED) is 0.118. The van der Waals surface area contributed by atoms with Crippen LogP contribution in [0.15, 0.2) is 95.8 Å². The summed E-state index contributed by atoms with van der Waals surface area (Å²) in [6.07, 6.45) is -0.430. The first-order valence-electron chi connectivity index (χ1n) is 14.6. The smallest absolute Gasteiger partial charge is 0.409 e. The number of rotatable bonds is 11. The highest BCUT2D eigenvalue weighted by atomic mass is 16.4. The number of H-pyrrole nitrogens is 1. The zero-order chi connectivity index (χ0) is 31.3. The molecular formula is C34H32N6O5. The van der Waals surface area contributed by atoms with Crippen molar-refractivity contribution in [2.75, 3.05) is 11.9 Å². The Labute approximate surface area is 257 Å². The largest absolute Gasteiger partial charge is 0.506 e. The van der Waals surface area contributed by atoms with E-state index in [1.165, 1.54) is 12.1 Å². The van der Waals surface area contributed by atoms with Crippen LogP contribution in [0.5, 0.6) is 5.75 Å². The van der Waals surface area contributed by atoms with E-state index in [4.69, 9.17) is 0 Å². The van der Waals surface area contributed by atoms with Crippen molar-refractivity contribution in [3.05, 3.63) is 118 Å². The third-order valence-corrected chi connectivity index (χ3v) is 7.76. The lowest BCUT2D eigenvalue weighted by Crippen LogP contribution is -2.21. The molecule has 2 aromatic heterocycles. The summed E-state index contributed by atoms with van der Waals surface area (Å²) < 4.78 is 1.87. The molecule has 45 heavy (non-hydrogen) atoms. The fourth-order valence-corrected chi connectivity index (χ4v) is 5.57. The van der Waals surface area contributed by atoms with Crippen LogP contribution in [0.2, 0.25) is 0 Å². The van der Waals surface area contributed by atoms with E-state index in [1.807, 2.05) is 71.4 Å². The van der Waals surface area contributed by atoms with Gasteiger partial charge >= 0.3 is 6.09 Å². The summed E-state index contributed by atoms with van der Waals surface area (Å²) in [7, 11) is 0. The van der Waals surface area contributed by atoms with Gasteiger partial charge in [-0.05, 0) is 65.4 Å². The molecule has 2 heterocycles. The highest BCUT2D eigenvalue weighted by Gasteiger charge is 2.15. The summed E-state index contributed by atoms with van der Waals surface area (Å²) in [6, 6.07) is 27.5. The van der Waals surface area contributed by atoms with Gasteiger partial charge in [0.05, 0.1) is 22.8 Å². The molecule has 0 unspecified atom stereocenters. The van der Waals surface area contributed by atoms with Gasteiger partial charge in [-0.1, -0.05) is 59.8 Å². The van der Waals surface area contributed by atoms with Gasteiger partial charge in [0.25, 0.3) is 0 Å². The van der Waals surface area contributed by atoms with Crippen molar-refractivity contribution in [2.45, 2.75) is 32.0 Å². The number of fused-ring (bicyclic) bond motifs is 2. The number of aliphatic hydroxyl groups excluding tert-OH is 1. The van der Waals surface area contributed by atoms with Crippen LogP contribution in [-0.4, -0.2) is 47.9 Å². The van der Waals surface area contributed by atoms with Gasteiger partial charge in [-0.3, -0.25) is 10.1 Å². The normalized spacial score (nSPS) is 12.0. The Morgan fingerprint density at radius 3 is 2.60 bits per heavy atom. The lowest BCUT2D eigenvalue weighted by molar-refractivity contribution is 0.176. The number of nitrogens with zero attached hydrogens (tertiary/aromatic N) is 3. The summed E-state index contributed by atoms with van der Waals surface area (Å²) in [4.78, 5) is 25.7. The Kier molecular flexibility index (Phi) is 8.54. The molecule has 0 aliphatic rings. The van der Waals surface area contributed by atoms with E-state index in [0.717, 1.165) is 46.1 Å². The number of aryl methyl sites for hydroxylation is 2. The molecule has 1 atom stereocenters. The summed E-state index contributed by atoms with van der Waals surface area (Å²) in [5.41, 5.74) is 6.59. The Bertz CT molecular complexity index is 2040. The number of phenols is 1. The minimum atomic E-state index is -1.10. The van der Waals surface area contributed by atoms with Gasteiger partial charge in [-0.15, -0.1) is 5.10 Å². The summed E-state index contributed by atoms with van der Waals surface area (Å²) in [6.45, 7) is 1.41. The van der Waals surface area contributed by atoms with E-state index >= 15 is 0 Å². The maximum atomic E-state index is 11.7. The molecule has 0 saturated carbocycles. The van der Waals surface area contributed by atoms with Gasteiger partial charge in [-0.25, -0.2) is 9.48 Å². The van der Waals surface area contributed by atoms with Gasteiger partial charge in [0, 0.05) is 36.7 Å². The van der Waals surface area contributed by atoms with Crippen LogP contribution in [0.1, 0.15) is 29.2 Å². The van der Waals surface area contributed by atoms with E-state index in [1.54, 1.807) is 12.1 Å². The molecular weight excluding hydrogens is 572 g/mol. The molecule has 0 aliphatic heterocycles. The second-order valence-corrected chi connectivity index (χ2v) is 10.8. The fraction of sp³-hybridized carbons (Fsp3) is 0.176. The zero-order valence-electron chi connectivity index (χ0n) is 24.3. The summed E-state index contributed by atoms with van der Waals surface area (Å²) in [5, 5.41) is 45.3. The van der Waals surface area contributed by atoms with Gasteiger partial charge in [0.15, 0.2) is 0 Å². The monoisotopic (exact) mass is 604 g/mol. The maximum absolute atomic E-state index is 11.7. The molecule has 0 radical (unpaired) electrons. The zero-order valence-corrected chi connectivity index (χ0v) is 24.3. The molecule has 1 amide bonds. The van der Waals surface area contributed by atoms with Crippen molar-refractivity contribution in [1.29, 1.82) is 0 Å². The number of pyridine rings is 1. The molecule has 0 aliphatic carbocycles. The first-order chi connectivity index (χ1) is 21.9. The number of aliphatic hydroxyl groups is 1. The van der Waals surface area contributed by atoms with E-state index < -0.39 is 12.2 Å². The number of carboxylic acid groups (broad SMARTS) is 1. The minimum Gasteiger partial charge on any atom is -0.506 e. The number of carbonyl (C=O) groups is 1. The van der Waals surface area contributed by atoms with Crippen LogP contribution < -0.4 is 16.2 Å². The standard InChI is InChI=1S/C34H32N6O5/c41-30-14-11-25(26-12-15-32(43)37-33(26)30)31(42)20-35-19-22-9-13-29-28(18-22)38-39-40(29)16-4-5-21-8-10-24(23-6-2-1-3-7-23)27(17-21)36-34(44)45/h1-3,6-15,17-18,31,35-36,41-42H,4-5,16,19-20H2,(H,37,43)(H,44,45)/t31-/m1/s1. The third kappa shape index (κ3) is 6.69. The minimum absolute atomic E-state index is 0.0485. The van der Waals surface area contributed by atoms with Gasteiger partial charge in [0.2, 0.25) is 5.56 Å². The van der Waals surface area contributed by atoms with Crippen LogP contribution in [0.4, 0.5) is 10.5 Å². The van der Waals surface area contributed by atoms with Gasteiger partial charge in [-0.2, -0.15) is 0 Å². The SMILES string of the molecule is O=C(O)Nc1cc(CCCn2nnc3cc(CNC[C@@H](O)c4ccc(O)c5[nH]c(=O)ccc45)ccc32)ccc1-c1ccccc1. The van der Waals surface area contributed by atoms with Gasteiger partial charge < -0.3 is 25.6 Å². The van der Waals surface area contributed by atoms with Crippen LogP contribution in [0.25, 0.3) is 33.1 Å². The van der Waals surface area contributed by atoms with Crippen molar-refractivity contribution in [3.8, 4) is 16.9 Å². The lowest BCUT2D eigenvalue weighted by atomic mass is 9.99. The molecule has 0 saturated heterocycles. The molecule has 6 N–H and O–H groups in total. The molecule has 0 fully saturated rings. The molecule has 0 bridgehead atoms. The highest BCUT2D eigenvalue weighted by Crippen LogP contribution is 2.30. The average Bonchev–Trinajstić information content (AvgIpc) is 3.44. The van der Waals surface area contributed by atoms with Crippen LogP contribution in [0, 0.1) is 0 Å². The molecule has 6 aromatic rings. The second-order valence-electron chi connectivity index (χ2n) is 10.8. The first kappa shape index (κ1) is 29.5. The number of aromatic nitrogens is 4. The van der Waals surface area contributed by atoms with E-state index in [0.29, 0.717) is 35.2 Å². The Morgan fingerprint density at radius 2 is 1.78 bits per heavy atom. The average molecular weight is 605 g/mol. The number of nitrogens with one attached hydrogen (secondary N) is 3. The molecule has 4 aromatic carbocycles. The highest BCUT2D eigenvalue weighted by molar-refractivity contribution is 5.91. The molecule has 11 heteroatoms. The Hall–Kier alpha value is -5.52. The number of anilines is 1. The molecule has 11 nitrogen and oxygen atoms in total. The summed E-state index contributed by atoms with van der Waals surface area (Å²) in [5.74, 6) is -0.0485. The number of hydrogen-bond donors (Lipinski definition) is 6. The molecule has 228 valence electrons. The predicted octanol–water partition coefficient (Wildman–Crippen LogP) is 5.19. The predicted molar refractivity (Wildman–Crippen MR) is 172 cm³/mol. The van der Waals surface area contributed by atoms with Crippen molar-refractivity contribution in [3.63, 3.8) is 0 Å². The van der Waals surface area contributed by atoms with E-state index in [2.05, 4.69) is 25.9 Å². The number of benzene rings is 4. The maximum Gasteiger partial charge on any atom is 0.409 e. The van der Waals surface area contributed by atoms with Crippen molar-refractivity contribution in [1.82, 2.24) is 25.3 Å².